The van der Waals surface area contributed by atoms with Crippen LogP contribution in [0.3, 0.4) is 0 Å². The van der Waals surface area contributed by atoms with Gasteiger partial charge in [0.25, 0.3) is 5.91 Å². The van der Waals surface area contributed by atoms with E-state index in [4.69, 9.17) is 9.73 Å². The molecule has 1 amide bonds. The maximum absolute atomic E-state index is 13.5. The maximum atomic E-state index is 13.5. The fraction of sp³-hybridized carbons (Fsp3) is 0.120. The summed E-state index contributed by atoms with van der Waals surface area (Å²) < 4.78 is 7.01. The first kappa shape index (κ1) is 22.8. The van der Waals surface area contributed by atoms with E-state index in [1.807, 2.05) is 85.8 Å². The molecule has 1 fully saturated rings. The molecule has 0 bridgehead atoms. The SMILES string of the molecule is COc1c(Br)cc(/C=C2/SC(=Nc3ccccc3)N([C@@H](C)c3ccccc3)C2=O)cc1Br. The van der Waals surface area contributed by atoms with E-state index in [1.54, 1.807) is 12.0 Å². The highest BCUT2D eigenvalue weighted by molar-refractivity contribution is 9.11. The minimum Gasteiger partial charge on any atom is -0.494 e. The third-order valence-electron chi connectivity index (χ3n) is 5.01. The monoisotopic (exact) mass is 570 g/mol. The fourth-order valence-corrected chi connectivity index (χ4v) is 6.02. The molecule has 32 heavy (non-hydrogen) atoms. The molecule has 3 aromatic rings. The average Bonchev–Trinajstić information content (AvgIpc) is 3.08. The summed E-state index contributed by atoms with van der Waals surface area (Å²) in [6, 6.07) is 23.4. The molecule has 0 spiro atoms. The van der Waals surface area contributed by atoms with Crippen molar-refractivity contribution in [2.24, 2.45) is 4.99 Å². The van der Waals surface area contributed by atoms with E-state index < -0.39 is 0 Å². The topological polar surface area (TPSA) is 41.9 Å². The second kappa shape index (κ2) is 10.1. The van der Waals surface area contributed by atoms with Crippen LogP contribution in [0.25, 0.3) is 6.08 Å². The van der Waals surface area contributed by atoms with Crippen LogP contribution in [0.2, 0.25) is 0 Å². The van der Waals surface area contributed by atoms with Gasteiger partial charge in [-0.3, -0.25) is 9.69 Å². The van der Waals surface area contributed by atoms with Gasteiger partial charge in [-0.05, 0) is 92.0 Å². The number of para-hydroxylation sites is 1. The summed E-state index contributed by atoms with van der Waals surface area (Å²) in [6.45, 7) is 2.03. The van der Waals surface area contributed by atoms with E-state index in [0.29, 0.717) is 15.8 Å². The molecule has 1 aliphatic rings. The van der Waals surface area contributed by atoms with Crippen LogP contribution in [0.5, 0.6) is 5.75 Å². The number of carbonyl (C=O) groups excluding carboxylic acids is 1. The van der Waals surface area contributed by atoms with E-state index in [2.05, 4.69) is 31.9 Å². The number of methoxy groups -OCH3 is 1. The van der Waals surface area contributed by atoms with E-state index in [1.165, 1.54) is 11.8 Å². The Bertz CT molecular complexity index is 1170. The lowest BCUT2D eigenvalue weighted by Gasteiger charge is -2.24. The number of hydrogen-bond acceptors (Lipinski definition) is 4. The summed E-state index contributed by atoms with van der Waals surface area (Å²) in [5.74, 6) is 0.646. The second-order valence-corrected chi connectivity index (χ2v) is 9.84. The summed E-state index contributed by atoms with van der Waals surface area (Å²) in [6.07, 6.45) is 1.89. The number of nitrogens with zero attached hydrogens (tertiary/aromatic N) is 2. The first-order valence-electron chi connectivity index (χ1n) is 9.92. The van der Waals surface area contributed by atoms with Gasteiger partial charge in [0.15, 0.2) is 5.17 Å². The van der Waals surface area contributed by atoms with Gasteiger partial charge in [0, 0.05) is 0 Å². The van der Waals surface area contributed by atoms with Crippen molar-refractivity contribution in [1.82, 2.24) is 4.90 Å². The van der Waals surface area contributed by atoms with Crippen molar-refractivity contribution in [2.45, 2.75) is 13.0 Å². The molecule has 1 saturated heterocycles. The van der Waals surface area contributed by atoms with E-state index in [0.717, 1.165) is 25.8 Å². The zero-order valence-electron chi connectivity index (χ0n) is 17.5. The van der Waals surface area contributed by atoms with Crippen LogP contribution in [0.15, 0.2) is 91.6 Å². The lowest BCUT2D eigenvalue weighted by Crippen LogP contribution is -2.32. The van der Waals surface area contributed by atoms with Crippen molar-refractivity contribution >= 4 is 66.5 Å². The molecule has 0 aromatic heterocycles. The third-order valence-corrected chi connectivity index (χ3v) is 7.17. The van der Waals surface area contributed by atoms with Gasteiger partial charge < -0.3 is 4.74 Å². The predicted molar refractivity (Wildman–Crippen MR) is 139 cm³/mol. The van der Waals surface area contributed by atoms with Gasteiger partial charge in [-0.2, -0.15) is 0 Å². The van der Waals surface area contributed by atoms with Crippen molar-refractivity contribution in [1.29, 1.82) is 0 Å². The number of carbonyl (C=O) groups is 1. The number of rotatable bonds is 5. The van der Waals surface area contributed by atoms with Gasteiger partial charge in [-0.25, -0.2) is 4.99 Å². The molecular weight excluding hydrogens is 552 g/mol. The molecule has 4 nitrogen and oxygen atoms in total. The average molecular weight is 572 g/mol. The normalized spacial score (nSPS) is 17.2. The number of amides is 1. The summed E-state index contributed by atoms with van der Waals surface area (Å²) in [5, 5.41) is 0.662. The molecule has 1 atom stereocenters. The lowest BCUT2D eigenvalue weighted by molar-refractivity contribution is -0.123. The molecule has 0 saturated carbocycles. The van der Waals surface area contributed by atoms with Crippen LogP contribution in [-0.4, -0.2) is 23.1 Å². The molecule has 3 aromatic carbocycles. The van der Waals surface area contributed by atoms with Crippen LogP contribution in [-0.2, 0) is 4.79 Å². The van der Waals surface area contributed by atoms with Crippen molar-refractivity contribution in [2.75, 3.05) is 7.11 Å². The number of halogens is 2. The summed E-state index contributed by atoms with van der Waals surface area (Å²) in [7, 11) is 1.62. The maximum Gasteiger partial charge on any atom is 0.267 e. The quantitative estimate of drug-likeness (QED) is 0.296. The van der Waals surface area contributed by atoms with Crippen LogP contribution >= 0.6 is 43.6 Å². The minimum absolute atomic E-state index is 0.0657. The smallest absolute Gasteiger partial charge is 0.267 e. The summed E-state index contributed by atoms with van der Waals surface area (Å²) in [4.78, 5) is 20.7. The molecule has 4 rings (SSSR count). The number of amidine groups is 1. The summed E-state index contributed by atoms with van der Waals surface area (Å²) in [5.41, 5.74) is 2.75. The first-order chi connectivity index (χ1) is 15.5. The predicted octanol–water partition coefficient (Wildman–Crippen LogP) is 7.59. The highest BCUT2D eigenvalue weighted by Gasteiger charge is 2.37. The van der Waals surface area contributed by atoms with Gasteiger partial charge in [-0.1, -0.05) is 48.5 Å². The minimum atomic E-state index is -0.154. The Morgan fingerprint density at radius 3 is 2.19 bits per heavy atom. The van der Waals surface area contributed by atoms with E-state index in [9.17, 15) is 4.79 Å². The number of thioether (sulfide) groups is 1. The van der Waals surface area contributed by atoms with Crippen molar-refractivity contribution in [3.05, 3.63) is 97.8 Å². The van der Waals surface area contributed by atoms with Crippen LogP contribution in [0.4, 0.5) is 5.69 Å². The lowest BCUT2D eigenvalue weighted by atomic mass is 10.1. The summed E-state index contributed by atoms with van der Waals surface area (Å²) >= 11 is 8.46. The number of hydrogen-bond donors (Lipinski definition) is 0. The zero-order valence-corrected chi connectivity index (χ0v) is 21.4. The van der Waals surface area contributed by atoms with Gasteiger partial charge >= 0.3 is 0 Å². The Morgan fingerprint density at radius 2 is 1.59 bits per heavy atom. The Morgan fingerprint density at radius 1 is 1.00 bits per heavy atom. The largest absolute Gasteiger partial charge is 0.494 e. The molecule has 162 valence electrons. The number of ether oxygens (including phenoxy) is 1. The van der Waals surface area contributed by atoms with Crippen LogP contribution < -0.4 is 4.74 Å². The molecule has 7 heteroatoms. The standard InChI is InChI=1S/C25H20Br2N2O2S/c1-16(18-9-5-3-6-10-18)29-24(30)22(32-25(29)28-19-11-7-4-8-12-19)15-17-13-20(26)23(31-2)21(27)14-17/h3-16H,1-2H3/b22-15+,28-25?/t16-/m0/s1. The molecule has 1 aliphatic heterocycles. The molecule has 0 aliphatic carbocycles. The molecular formula is C25H20Br2N2O2S. The van der Waals surface area contributed by atoms with Crippen LogP contribution in [0, 0.1) is 0 Å². The Hall–Kier alpha value is -2.35. The van der Waals surface area contributed by atoms with Gasteiger partial charge in [0.1, 0.15) is 5.75 Å². The molecule has 0 unspecified atom stereocenters. The van der Waals surface area contributed by atoms with Gasteiger partial charge in [-0.15, -0.1) is 0 Å². The van der Waals surface area contributed by atoms with Gasteiger partial charge in [0.05, 0.1) is 32.7 Å². The molecule has 0 radical (unpaired) electrons. The van der Waals surface area contributed by atoms with Crippen molar-refractivity contribution in [3.8, 4) is 5.75 Å². The fourth-order valence-electron chi connectivity index (χ4n) is 3.41. The third kappa shape index (κ3) is 4.85. The number of aliphatic imine (C=N–C) groups is 1. The molecule has 0 N–H and O–H groups in total. The highest BCUT2D eigenvalue weighted by atomic mass is 79.9. The Kier molecular flexibility index (Phi) is 7.18. The van der Waals surface area contributed by atoms with Gasteiger partial charge in [0.2, 0.25) is 0 Å². The highest BCUT2D eigenvalue weighted by Crippen LogP contribution is 2.41. The van der Waals surface area contributed by atoms with Crippen molar-refractivity contribution < 1.29 is 9.53 Å². The second-order valence-electron chi connectivity index (χ2n) is 7.12. The Labute approximate surface area is 208 Å². The van der Waals surface area contributed by atoms with Crippen LogP contribution in [0.1, 0.15) is 24.1 Å². The first-order valence-corrected chi connectivity index (χ1v) is 12.3. The molecule has 1 heterocycles. The van der Waals surface area contributed by atoms with E-state index >= 15 is 0 Å². The zero-order chi connectivity index (χ0) is 22.7. The van der Waals surface area contributed by atoms with E-state index in [-0.39, 0.29) is 11.9 Å². The Balaban J connectivity index is 1.75. The number of benzene rings is 3. The van der Waals surface area contributed by atoms with Crippen molar-refractivity contribution in [3.63, 3.8) is 0 Å².